The van der Waals surface area contributed by atoms with E-state index in [0.717, 1.165) is 115 Å². The molecule has 0 fully saturated rings. The maximum atomic E-state index is 13.1. The molecule has 0 aromatic heterocycles. The Bertz CT molecular complexity index is 2050. The van der Waals surface area contributed by atoms with Gasteiger partial charge in [0.1, 0.15) is 19.3 Å². The van der Waals surface area contributed by atoms with Crippen molar-refractivity contribution in [3.63, 3.8) is 0 Å². The van der Waals surface area contributed by atoms with Gasteiger partial charge in [-0.25, -0.2) is 9.13 Å². The lowest BCUT2D eigenvalue weighted by Crippen LogP contribution is -2.30. The average molecular weight is 1560 g/mol. The van der Waals surface area contributed by atoms with Gasteiger partial charge in [-0.1, -0.05) is 420 Å². The van der Waals surface area contributed by atoms with Crippen molar-refractivity contribution in [1.29, 1.82) is 0 Å². The number of carbonyl (C=O) groups is 4. The van der Waals surface area contributed by atoms with Crippen LogP contribution in [0.15, 0.2) is 0 Å². The first-order valence-electron chi connectivity index (χ1n) is 45.5. The minimum absolute atomic E-state index is 0.108. The number of phosphoric acid groups is 2. The summed E-state index contributed by atoms with van der Waals surface area (Å²) < 4.78 is 68.8. The highest BCUT2D eigenvalue weighted by Gasteiger charge is 2.30. The number of aliphatic hydroxyl groups is 1. The van der Waals surface area contributed by atoms with Crippen molar-refractivity contribution in [2.75, 3.05) is 39.6 Å². The normalized spacial score (nSPS) is 13.8. The Morgan fingerprint density at radius 1 is 0.252 bits per heavy atom. The van der Waals surface area contributed by atoms with E-state index in [2.05, 4.69) is 41.5 Å². The van der Waals surface area contributed by atoms with Crippen LogP contribution in [0, 0.1) is 11.8 Å². The molecule has 0 rings (SSSR count). The van der Waals surface area contributed by atoms with Gasteiger partial charge in [0, 0.05) is 25.7 Å². The second-order valence-corrected chi connectivity index (χ2v) is 35.5. The van der Waals surface area contributed by atoms with Gasteiger partial charge in [-0.2, -0.15) is 0 Å². The monoisotopic (exact) mass is 1560 g/mol. The van der Waals surface area contributed by atoms with Gasteiger partial charge in [-0.05, 0) is 37.5 Å². The van der Waals surface area contributed by atoms with Gasteiger partial charge in [0.05, 0.1) is 26.4 Å². The molecule has 0 aromatic carbocycles. The number of ether oxygens (including phenoxy) is 4. The Labute approximate surface area is 658 Å². The zero-order valence-corrected chi connectivity index (χ0v) is 72.2. The van der Waals surface area contributed by atoms with Crippen LogP contribution in [-0.2, 0) is 65.4 Å². The first-order valence-corrected chi connectivity index (χ1v) is 48.5. The minimum atomic E-state index is -4.97. The highest BCUT2D eigenvalue weighted by Crippen LogP contribution is 2.45. The lowest BCUT2D eigenvalue weighted by Gasteiger charge is -2.21. The summed E-state index contributed by atoms with van der Waals surface area (Å²) in [7, 11) is -9.92. The second-order valence-electron chi connectivity index (χ2n) is 32.6. The highest BCUT2D eigenvalue weighted by molar-refractivity contribution is 7.47. The zero-order chi connectivity index (χ0) is 78.5. The second kappa shape index (κ2) is 79.3. The molecule has 0 aromatic rings. The molecule has 3 N–H and O–H groups in total. The Morgan fingerprint density at radius 2 is 0.430 bits per heavy atom. The van der Waals surface area contributed by atoms with Crippen molar-refractivity contribution in [3.8, 4) is 0 Å². The molecule has 5 atom stereocenters. The van der Waals surface area contributed by atoms with E-state index in [4.69, 9.17) is 37.0 Å². The van der Waals surface area contributed by atoms with E-state index in [1.807, 2.05) is 0 Å². The molecule has 0 saturated carbocycles. The molecule has 19 heteroatoms. The van der Waals surface area contributed by atoms with Crippen LogP contribution < -0.4 is 0 Å². The Kier molecular flexibility index (Phi) is 77.9. The predicted octanol–water partition coefficient (Wildman–Crippen LogP) is 27.0. The molecule has 0 saturated heterocycles. The van der Waals surface area contributed by atoms with Crippen molar-refractivity contribution in [1.82, 2.24) is 0 Å². The fraction of sp³-hybridized carbons (Fsp3) is 0.955. The summed E-state index contributed by atoms with van der Waals surface area (Å²) in [5, 5.41) is 10.7. The molecule has 0 heterocycles. The molecular weight excluding hydrogens is 1390 g/mol. The molecule has 0 aliphatic rings. The van der Waals surface area contributed by atoms with Crippen molar-refractivity contribution in [3.05, 3.63) is 0 Å². The predicted molar refractivity (Wildman–Crippen MR) is 442 cm³/mol. The van der Waals surface area contributed by atoms with Gasteiger partial charge >= 0.3 is 39.5 Å². The van der Waals surface area contributed by atoms with E-state index < -0.39 is 97.5 Å². The molecule has 0 aliphatic heterocycles. The Morgan fingerprint density at radius 3 is 0.636 bits per heavy atom. The van der Waals surface area contributed by atoms with Gasteiger partial charge in [-0.3, -0.25) is 37.3 Å². The summed E-state index contributed by atoms with van der Waals surface area (Å²) >= 11 is 0. The first-order chi connectivity index (χ1) is 51.9. The zero-order valence-electron chi connectivity index (χ0n) is 70.5. The molecule has 0 spiro atoms. The first kappa shape index (κ1) is 105. The third-order valence-corrected chi connectivity index (χ3v) is 22.6. The smallest absolute Gasteiger partial charge is 0.462 e. The van der Waals surface area contributed by atoms with Crippen LogP contribution in [-0.4, -0.2) is 96.7 Å². The Hall–Kier alpha value is -1.94. The van der Waals surface area contributed by atoms with Crippen molar-refractivity contribution >= 4 is 39.5 Å². The number of aliphatic hydroxyl groups excluding tert-OH is 1. The maximum absolute atomic E-state index is 13.1. The summed E-state index contributed by atoms with van der Waals surface area (Å²) in [5.74, 6) is -0.483. The number of rotatable bonds is 87. The molecule has 17 nitrogen and oxygen atoms in total. The number of carbonyl (C=O) groups excluding carboxylic acids is 4. The van der Waals surface area contributed by atoms with Crippen LogP contribution in [0.3, 0.4) is 0 Å². The fourth-order valence-electron chi connectivity index (χ4n) is 13.8. The summed E-state index contributed by atoms with van der Waals surface area (Å²) in [6.07, 6.45) is 72.5. The number of phosphoric ester groups is 2. The molecule has 0 amide bonds. The molecule has 636 valence electrons. The lowest BCUT2D eigenvalue weighted by molar-refractivity contribution is -0.161. The third kappa shape index (κ3) is 81.9. The summed E-state index contributed by atoms with van der Waals surface area (Å²) in [6.45, 7) is 9.70. The summed E-state index contributed by atoms with van der Waals surface area (Å²) in [5.41, 5.74) is 0. The lowest BCUT2D eigenvalue weighted by atomic mass is 10.0. The fourth-order valence-corrected chi connectivity index (χ4v) is 15.4. The van der Waals surface area contributed by atoms with E-state index in [1.165, 1.54) is 276 Å². The Balaban J connectivity index is 5.15. The SMILES string of the molecule is CCCCCCCCCCCCCCCCCCCCCCCCC(=O)O[C@H](COC(=O)CCCCCCCCCCCCCCCCCCC(C)C)COP(=O)(O)OC[C@@H](O)COP(=O)(O)OC[C@@H](COC(=O)CCCCCCCCC)OC(=O)CCCCCCCCCCCCCCCCCCC(C)C. The minimum Gasteiger partial charge on any atom is -0.462 e. The van der Waals surface area contributed by atoms with E-state index >= 15 is 0 Å². The topological polar surface area (TPSA) is 237 Å². The van der Waals surface area contributed by atoms with Crippen LogP contribution in [0.4, 0.5) is 0 Å². The van der Waals surface area contributed by atoms with Gasteiger partial charge in [0.25, 0.3) is 0 Å². The maximum Gasteiger partial charge on any atom is 0.472 e. The van der Waals surface area contributed by atoms with Crippen LogP contribution in [0.5, 0.6) is 0 Å². The van der Waals surface area contributed by atoms with Crippen LogP contribution in [0.2, 0.25) is 0 Å². The molecule has 0 bridgehead atoms. The highest BCUT2D eigenvalue weighted by atomic mass is 31.2. The van der Waals surface area contributed by atoms with Crippen molar-refractivity contribution in [2.24, 2.45) is 11.8 Å². The van der Waals surface area contributed by atoms with Gasteiger partial charge in [0.2, 0.25) is 0 Å². The summed E-state index contributed by atoms with van der Waals surface area (Å²) in [6, 6.07) is 0. The van der Waals surface area contributed by atoms with Gasteiger partial charge in [-0.15, -0.1) is 0 Å². The van der Waals surface area contributed by atoms with Gasteiger partial charge < -0.3 is 33.8 Å². The number of unbranched alkanes of at least 4 members (excludes halogenated alkanes) is 57. The molecule has 0 radical (unpaired) electrons. The van der Waals surface area contributed by atoms with Crippen molar-refractivity contribution in [2.45, 2.75) is 490 Å². The van der Waals surface area contributed by atoms with Crippen LogP contribution >= 0.6 is 15.6 Å². The standard InChI is InChI=1S/C88H172O17P2/c1-7-9-11-13-15-16-17-18-19-20-21-22-23-24-25-33-38-43-48-54-60-67-73-88(93)105-84(77-99-86(91)71-65-59-53-47-42-37-32-28-26-30-35-40-45-51-56-62-68-80(3)4)79-103-107(96,97)101-75-82(89)74-100-106(94,95)102-78-83(76-98-85(90)70-64-58-50-14-12-10-8-2)104-87(92)72-66-61-55-49-44-39-34-29-27-31-36-41-46-52-57-63-69-81(5)6/h80-84,89H,7-79H2,1-6H3,(H,94,95)(H,96,97)/t82-,83+,84+/m0/s1. The largest absolute Gasteiger partial charge is 0.472 e. The van der Waals surface area contributed by atoms with E-state index in [1.54, 1.807) is 0 Å². The average Bonchev–Trinajstić information content (AvgIpc) is 0.907. The number of hydrogen-bond donors (Lipinski definition) is 3. The molecular formula is C88H172O17P2. The quantitative estimate of drug-likeness (QED) is 0.0222. The molecule has 107 heavy (non-hydrogen) atoms. The number of esters is 4. The summed E-state index contributed by atoms with van der Waals surface area (Å²) in [4.78, 5) is 73.1. The van der Waals surface area contributed by atoms with E-state index in [-0.39, 0.29) is 25.7 Å². The van der Waals surface area contributed by atoms with Gasteiger partial charge in [0.15, 0.2) is 12.2 Å². The third-order valence-electron chi connectivity index (χ3n) is 20.7. The van der Waals surface area contributed by atoms with E-state index in [0.29, 0.717) is 25.7 Å². The molecule has 2 unspecified atom stereocenters. The van der Waals surface area contributed by atoms with Crippen LogP contribution in [0.25, 0.3) is 0 Å². The molecule has 0 aliphatic carbocycles. The number of hydrogen-bond acceptors (Lipinski definition) is 15. The van der Waals surface area contributed by atoms with Crippen LogP contribution in [0.1, 0.15) is 472 Å². The van der Waals surface area contributed by atoms with E-state index in [9.17, 15) is 43.2 Å². The van der Waals surface area contributed by atoms with Crippen molar-refractivity contribution < 1.29 is 80.2 Å².